The van der Waals surface area contributed by atoms with E-state index in [4.69, 9.17) is 11.6 Å². The van der Waals surface area contributed by atoms with Gasteiger partial charge in [0.25, 0.3) is 0 Å². The molecular weight excluding hydrogens is 236 g/mol. The zero-order valence-electron chi connectivity index (χ0n) is 10.2. The molecule has 17 heavy (non-hydrogen) atoms. The van der Waals surface area contributed by atoms with Gasteiger partial charge < -0.3 is 5.32 Å². The van der Waals surface area contributed by atoms with Crippen molar-refractivity contribution in [3.63, 3.8) is 0 Å². The molecule has 0 aromatic carbocycles. The molecule has 1 aliphatic heterocycles. The van der Waals surface area contributed by atoms with Crippen LogP contribution in [0.15, 0.2) is 12.4 Å². The Morgan fingerprint density at radius 3 is 3.06 bits per heavy atom. The van der Waals surface area contributed by atoms with Gasteiger partial charge in [0.1, 0.15) is 5.15 Å². The molecule has 2 rings (SSSR count). The molecule has 1 unspecified atom stereocenters. The fourth-order valence-corrected chi connectivity index (χ4v) is 2.50. The van der Waals surface area contributed by atoms with Crippen molar-refractivity contribution in [1.29, 1.82) is 0 Å². The molecule has 0 bridgehead atoms. The Labute approximate surface area is 107 Å². The van der Waals surface area contributed by atoms with Crippen LogP contribution in [0.1, 0.15) is 18.5 Å². The first kappa shape index (κ1) is 12.7. The summed E-state index contributed by atoms with van der Waals surface area (Å²) in [6.45, 7) is 4.28. The van der Waals surface area contributed by atoms with Crippen LogP contribution in [-0.4, -0.2) is 41.5 Å². The maximum absolute atomic E-state index is 5.72. The highest BCUT2D eigenvalue weighted by molar-refractivity contribution is 6.29. The number of hydrogen-bond acceptors (Lipinski definition) is 4. The molecule has 0 amide bonds. The van der Waals surface area contributed by atoms with Crippen LogP contribution in [0, 0.1) is 5.92 Å². The second-order valence-corrected chi connectivity index (χ2v) is 5.02. The fraction of sp³-hybridized carbons (Fsp3) is 0.667. The van der Waals surface area contributed by atoms with Gasteiger partial charge in [-0.05, 0) is 38.9 Å². The highest BCUT2D eigenvalue weighted by Gasteiger charge is 2.19. The van der Waals surface area contributed by atoms with Gasteiger partial charge in [-0.15, -0.1) is 0 Å². The number of nitrogens with zero attached hydrogens (tertiary/aromatic N) is 3. The lowest BCUT2D eigenvalue weighted by Gasteiger charge is -2.32. The molecule has 5 heteroatoms. The largest absolute Gasteiger partial charge is 0.319 e. The summed E-state index contributed by atoms with van der Waals surface area (Å²) in [5.41, 5.74) is 1.000. The molecule has 2 heterocycles. The number of rotatable bonds is 4. The molecular formula is C12H19ClN4. The summed E-state index contributed by atoms with van der Waals surface area (Å²) in [5.74, 6) is 0.758. The first-order valence-electron chi connectivity index (χ1n) is 6.11. The smallest absolute Gasteiger partial charge is 0.147 e. The minimum absolute atomic E-state index is 0.459. The Balaban J connectivity index is 1.87. The van der Waals surface area contributed by atoms with E-state index in [1.165, 1.54) is 12.8 Å². The summed E-state index contributed by atoms with van der Waals surface area (Å²) in [7, 11) is 2.02. The standard InChI is InChI=1S/C12H19ClN4/c1-14-5-10-3-2-4-17(8-10)9-11-6-16-12(13)7-15-11/h6-7,10,14H,2-5,8-9H2,1H3. The van der Waals surface area contributed by atoms with Crippen LogP contribution in [0.2, 0.25) is 5.15 Å². The van der Waals surface area contributed by atoms with E-state index in [-0.39, 0.29) is 0 Å². The molecule has 0 spiro atoms. The predicted octanol–water partition coefficient (Wildman–Crippen LogP) is 1.56. The topological polar surface area (TPSA) is 41.0 Å². The van der Waals surface area contributed by atoms with Crippen molar-refractivity contribution in [2.24, 2.45) is 5.92 Å². The summed E-state index contributed by atoms with van der Waals surface area (Å²) in [5, 5.41) is 3.72. The molecule has 0 saturated carbocycles. The summed E-state index contributed by atoms with van der Waals surface area (Å²) in [6, 6.07) is 0. The van der Waals surface area contributed by atoms with E-state index >= 15 is 0 Å². The van der Waals surface area contributed by atoms with Crippen molar-refractivity contribution in [1.82, 2.24) is 20.2 Å². The van der Waals surface area contributed by atoms with Gasteiger partial charge in [-0.2, -0.15) is 0 Å². The lowest BCUT2D eigenvalue weighted by molar-refractivity contribution is 0.165. The van der Waals surface area contributed by atoms with Crippen molar-refractivity contribution >= 4 is 11.6 Å². The van der Waals surface area contributed by atoms with Crippen LogP contribution in [0.5, 0.6) is 0 Å². The molecule has 1 aromatic heterocycles. The number of piperidine rings is 1. The van der Waals surface area contributed by atoms with E-state index in [0.717, 1.165) is 37.8 Å². The second kappa shape index (κ2) is 6.28. The van der Waals surface area contributed by atoms with Crippen LogP contribution in [-0.2, 0) is 6.54 Å². The minimum atomic E-state index is 0.459. The summed E-state index contributed by atoms with van der Waals surface area (Å²) >= 11 is 5.72. The second-order valence-electron chi connectivity index (χ2n) is 4.63. The van der Waals surface area contributed by atoms with Gasteiger partial charge in [0, 0.05) is 13.1 Å². The van der Waals surface area contributed by atoms with Crippen LogP contribution >= 0.6 is 11.6 Å². The number of aromatic nitrogens is 2. The third-order valence-corrected chi connectivity index (χ3v) is 3.35. The molecule has 1 N–H and O–H groups in total. The van der Waals surface area contributed by atoms with E-state index in [9.17, 15) is 0 Å². The third kappa shape index (κ3) is 3.91. The Morgan fingerprint density at radius 1 is 1.47 bits per heavy atom. The van der Waals surface area contributed by atoms with Gasteiger partial charge in [0.2, 0.25) is 0 Å². The van der Waals surface area contributed by atoms with E-state index in [2.05, 4.69) is 20.2 Å². The first-order chi connectivity index (χ1) is 8.28. The molecule has 1 saturated heterocycles. The van der Waals surface area contributed by atoms with Gasteiger partial charge >= 0.3 is 0 Å². The SMILES string of the molecule is CNCC1CCCN(Cc2cnc(Cl)cn2)C1. The zero-order chi connectivity index (χ0) is 12.1. The molecule has 1 atom stereocenters. The molecule has 1 aliphatic rings. The molecule has 94 valence electrons. The van der Waals surface area contributed by atoms with Gasteiger partial charge in [0.05, 0.1) is 18.1 Å². The maximum atomic E-state index is 5.72. The van der Waals surface area contributed by atoms with E-state index < -0.39 is 0 Å². The monoisotopic (exact) mass is 254 g/mol. The van der Waals surface area contributed by atoms with Crippen LogP contribution in [0.4, 0.5) is 0 Å². The lowest BCUT2D eigenvalue weighted by atomic mass is 9.98. The Kier molecular flexibility index (Phi) is 4.71. The first-order valence-corrected chi connectivity index (χ1v) is 6.49. The van der Waals surface area contributed by atoms with E-state index in [1.54, 1.807) is 12.4 Å². The number of hydrogen-bond donors (Lipinski definition) is 1. The fourth-order valence-electron chi connectivity index (χ4n) is 2.40. The average Bonchev–Trinajstić information content (AvgIpc) is 2.33. The molecule has 4 nitrogen and oxygen atoms in total. The van der Waals surface area contributed by atoms with Crippen molar-refractivity contribution in [2.45, 2.75) is 19.4 Å². The van der Waals surface area contributed by atoms with Gasteiger partial charge in [-0.25, -0.2) is 4.98 Å². The highest BCUT2D eigenvalue weighted by Crippen LogP contribution is 2.17. The van der Waals surface area contributed by atoms with E-state index in [1.807, 2.05) is 7.05 Å². The maximum Gasteiger partial charge on any atom is 0.147 e. The normalized spacial score (nSPS) is 21.6. The number of nitrogens with one attached hydrogen (secondary N) is 1. The highest BCUT2D eigenvalue weighted by atomic mass is 35.5. The van der Waals surface area contributed by atoms with Gasteiger partial charge in [-0.3, -0.25) is 9.88 Å². The lowest BCUT2D eigenvalue weighted by Crippen LogP contribution is -2.38. The van der Waals surface area contributed by atoms with E-state index in [0.29, 0.717) is 5.15 Å². The van der Waals surface area contributed by atoms with Crippen LogP contribution in [0.3, 0.4) is 0 Å². The predicted molar refractivity (Wildman–Crippen MR) is 69.0 cm³/mol. The van der Waals surface area contributed by atoms with Crippen LogP contribution in [0.25, 0.3) is 0 Å². The Morgan fingerprint density at radius 2 is 2.35 bits per heavy atom. The Hall–Kier alpha value is -0.710. The zero-order valence-corrected chi connectivity index (χ0v) is 11.0. The summed E-state index contributed by atoms with van der Waals surface area (Å²) in [6.07, 6.45) is 5.98. The Bertz CT molecular complexity index is 339. The number of likely N-dealkylation sites (tertiary alicyclic amines) is 1. The van der Waals surface area contributed by atoms with Crippen LogP contribution < -0.4 is 5.32 Å². The third-order valence-electron chi connectivity index (χ3n) is 3.16. The molecule has 0 aliphatic carbocycles. The quantitative estimate of drug-likeness (QED) is 0.886. The summed E-state index contributed by atoms with van der Waals surface area (Å²) in [4.78, 5) is 10.8. The summed E-state index contributed by atoms with van der Waals surface area (Å²) < 4.78 is 0. The average molecular weight is 255 g/mol. The molecule has 0 radical (unpaired) electrons. The molecule has 1 aromatic rings. The molecule has 1 fully saturated rings. The van der Waals surface area contributed by atoms with Gasteiger partial charge in [-0.1, -0.05) is 11.6 Å². The minimum Gasteiger partial charge on any atom is -0.319 e. The van der Waals surface area contributed by atoms with Crippen molar-refractivity contribution in [3.05, 3.63) is 23.2 Å². The number of halogens is 1. The van der Waals surface area contributed by atoms with Gasteiger partial charge in [0.15, 0.2) is 0 Å². The van der Waals surface area contributed by atoms with Crippen molar-refractivity contribution < 1.29 is 0 Å². The van der Waals surface area contributed by atoms with Crippen molar-refractivity contribution in [2.75, 3.05) is 26.7 Å². The van der Waals surface area contributed by atoms with Crippen molar-refractivity contribution in [3.8, 4) is 0 Å².